The molecule has 1 amide bonds. The van der Waals surface area contributed by atoms with Crippen molar-refractivity contribution in [3.05, 3.63) is 63.7 Å². The average Bonchev–Trinajstić information content (AvgIpc) is 3.00. The van der Waals surface area contributed by atoms with Crippen LogP contribution in [0, 0.1) is 10.1 Å². The van der Waals surface area contributed by atoms with E-state index in [4.69, 9.17) is 9.47 Å². The zero-order chi connectivity index (χ0) is 24.5. The SMILES string of the molecule is CCCCCNC(=O)CN1c2ccccc2C(C)(C)C12C=Cc1cc([N+](=O)[O-])cc(OC)c1O2. The van der Waals surface area contributed by atoms with E-state index in [2.05, 4.69) is 32.2 Å². The molecule has 0 aromatic heterocycles. The summed E-state index contributed by atoms with van der Waals surface area (Å²) in [5.74, 6) is 0.620. The van der Waals surface area contributed by atoms with Gasteiger partial charge < -0.3 is 19.7 Å². The number of nitrogens with one attached hydrogen (secondary N) is 1. The van der Waals surface area contributed by atoms with Gasteiger partial charge in [0, 0.05) is 23.9 Å². The van der Waals surface area contributed by atoms with Crippen molar-refractivity contribution < 1.29 is 19.2 Å². The first-order valence-electron chi connectivity index (χ1n) is 11.6. The van der Waals surface area contributed by atoms with Crippen molar-refractivity contribution in [3.63, 3.8) is 0 Å². The van der Waals surface area contributed by atoms with E-state index in [1.807, 2.05) is 35.3 Å². The minimum Gasteiger partial charge on any atom is -0.493 e. The number of carbonyl (C=O) groups excluding carboxylic acids is 1. The van der Waals surface area contributed by atoms with Gasteiger partial charge in [-0.25, -0.2) is 0 Å². The molecule has 8 nitrogen and oxygen atoms in total. The van der Waals surface area contributed by atoms with Crippen LogP contribution in [0.1, 0.15) is 51.2 Å². The number of para-hydroxylation sites is 1. The van der Waals surface area contributed by atoms with Crippen molar-refractivity contribution >= 4 is 23.4 Å². The summed E-state index contributed by atoms with van der Waals surface area (Å²) in [7, 11) is 1.46. The Morgan fingerprint density at radius 2 is 2.00 bits per heavy atom. The van der Waals surface area contributed by atoms with Crippen molar-refractivity contribution in [2.45, 2.75) is 51.2 Å². The number of hydrogen-bond donors (Lipinski definition) is 1. The van der Waals surface area contributed by atoms with Gasteiger partial charge in [-0.1, -0.05) is 38.0 Å². The smallest absolute Gasteiger partial charge is 0.274 e. The van der Waals surface area contributed by atoms with Crippen LogP contribution >= 0.6 is 0 Å². The molecular weight excluding hydrogens is 434 g/mol. The topological polar surface area (TPSA) is 93.9 Å². The van der Waals surface area contributed by atoms with Crippen molar-refractivity contribution in [3.8, 4) is 11.5 Å². The molecule has 4 rings (SSSR count). The molecule has 1 unspecified atom stereocenters. The number of nitrogens with zero attached hydrogens (tertiary/aromatic N) is 2. The van der Waals surface area contributed by atoms with E-state index < -0.39 is 16.1 Å². The van der Waals surface area contributed by atoms with Crippen LogP contribution in [0.5, 0.6) is 11.5 Å². The second kappa shape index (κ2) is 9.00. The van der Waals surface area contributed by atoms with E-state index in [1.54, 1.807) is 0 Å². The molecular formula is C26H31N3O5. The molecule has 2 aromatic rings. The summed E-state index contributed by atoms with van der Waals surface area (Å²) in [5.41, 5.74) is 0.915. The molecule has 2 aliphatic rings. The predicted octanol–water partition coefficient (Wildman–Crippen LogP) is 4.81. The number of nitro benzene ring substituents is 1. The van der Waals surface area contributed by atoms with Crippen LogP contribution in [0.25, 0.3) is 6.08 Å². The molecule has 0 saturated heterocycles. The maximum Gasteiger partial charge on any atom is 0.274 e. The van der Waals surface area contributed by atoms with E-state index >= 15 is 0 Å². The molecule has 1 spiro atoms. The molecule has 1 N–H and O–H groups in total. The Balaban J connectivity index is 1.75. The monoisotopic (exact) mass is 465 g/mol. The van der Waals surface area contributed by atoms with Gasteiger partial charge in [-0.15, -0.1) is 0 Å². The summed E-state index contributed by atoms with van der Waals surface area (Å²) in [4.78, 5) is 25.9. The summed E-state index contributed by atoms with van der Waals surface area (Å²) in [5, 5.41) is 14.4. The largest absolute Gasteiger partial charge is 0.493 e. The van der Waals surface area contributed by atoms with Crippen molar-refractivity contribution in [2.24, 2.45) is 0 Å². The third kappa shape index (κ3) is 3.77. The lowest BCUT2D eigenvalue weighted by Crippen LogP contribution is -2.61. The van der Waals surface area contributed by atoms with Gasteiger partial charge in [-0.05, 0) is 44.1 Å². The second-order valence-corrected chi connectivity index (χ2v) is 9.24. The predicted molar refractivity (Wildman–Crippen MR) is 131 cm³/mol. The molecule has 8 heteroatoms. The molecule has 34 heavy (non-hydrogen) atoms. The fraction of sp³-hybridized carbons (Fsp3) is 0.423. The number of carbonyl (C=O) groups is 1. The molecule has 180 valence electrons. The number of methoxy groups -OCH3 is 1. The lowest BCUT2D eigenvalue weighted by molar-refractivity contribution is -0.385. The van der Waals surface area contributed by atoms with Gasteiger partial charge >= 0.3 is 0 Å². The van der Waals surface area contributed by atoms with E-state index in [1.165, 1.54) is 19.2 Å². The van der Waals surface area contributed by atoms with E-state index in [0.29, 0.717) is 17.9 Å². The first-order valence-corrected chi connectivity index (χ1v) is 11.6. The van der Waals surface area contributed by atoms with Crippen LogP contribution in [-0.4, -0.2) is 36.8 Å². The number of amides is 1. The highest BCUT2D eigenvalue weighted by Gasteiger charge is 2.59. The maximum atomic E-state index is 13.0. The number of anilines is 1. The van der Waals surface area contributed by atoms with Crippen LogP contribution in [0.3, 0.4) is 0 Å². The summed E-state index contributed by atoms with van der Waals surface area (Å²) >= 11 is 0. The van der Waals surface area contributed by atoms with Crippen LogP contribution in [-0.2, 0) is 10.2 Å². The lowest BCUT2D eigenvalue weighted by Gasteiger charge is -2.47. The normalized spacial score (nSPS) is 19.4. The summed E-state index contributed by atoms with van der Waals surface area (Å²) in [6.07, 6.45) is 6.83. The van der Waals surface area contributed by atoms with Crippen molar-refractivity contribution in [2.75, 3.05) is 25.1 Å². The third-order valence-electron chi connectivity index (χ3n) is 6.81. The van der Waals surface area contributed by atoms with E-state index in [9.17, 15) is 14.9 Å². The molecule has 0 fully saturated rings. The van der Waals surface area contributed by atoms with E-state index in [0.717, 1.165) is 30.5 Å². The summed E-state index contributed by atoms with van der Waals surface area (Å²) in [6, 6.07) is 10.8. The van der Waals surface area contributed by atoms with Gasteiger partial charge in [0.1, 0.15) is 6.54 Å². The molecule has 0 bridgehead atoms. The summed E-state index contributed by atoms with van der Waals surface area (Å²) < 4.78 is 12.2. The molecule has 2 aliphatic heterocycles. The van der Waals surface area contributed by atoms with Crippen molar-refractivity contribution in [1.29, 1.82) is 0 Å². The van der Waals surface area contributed by atoms with Gasteiger partial charge in [0.05, 0.1) is 23.5 Å². The maximum absolute atomic E-state index is 13.0. The minimum absolute atomic E-state index is 0.0721. The average molecular weight is 466 g/mol. The zero-order valence-corrected chi connectivity index (χ0v) is 20.1. The Kier molecular flexibility index (Phi) is 6.25. The standard InChI is InChI=1S/C26H31N3O5/c1-5-6-9-14-27-23(30)17-28-21-11-8-7-10-20(21)25(2,3)26(28)13-12-18-15-19(29(31)32)16-22(33-4)24(18)34-26/h7-8,10-13,15-16H,5-6,9,14,17H2,1-4H3,(H,27,30). The number of nitro groups is 1. The van der Waals surface area contributed by atoms with Crippen LogP contribution in [0.2, 0.25) is 0 Å². The van der Waals surface area contributed by atoms with Gasteiger partial charge in [-0.3, -0.25) is 14.9 Å². The molecule has 2 heterocycles. The Morgan fingerprint density at radius 3 is 2.71 bits per heavy atom. The number of ether oxygens (including phenoxy) is 2. The molecule has 0 saturated carbocycles. The van der Waals surface area contributed by atoms with E-state index in [-0.39, 0.29) is 23.9 Å². The van der Waals surface area contributed by atoms with Gasteiger partial charge in [0.2, 0.25) is 11.6 Å². The zero-order valence-electron chi connectivity index (χ0n) is 20.1. The first kappa shape index (κ1) is 23.6. The number of hydrogen-bond acceptors (Lipinski definition) is 6. The molecule has 0 radical (unpaired) electrons. The third-order valence-corrected chi connectivity index (χ3v) is 6.81. The van der Waals surface area contributed by atoms with Gasteiger partial charge in [-0.2, -0.15) is 0 Å². The quantitative estimate of drug-likeness (QED) is 0.342. The first-order chi connectivity index (χ1) is 16.2. The Bertz CT molecular complexity index is 1140. The molecule has 2 aromatic carbocycles. The fourth-order valence-corrected chi connectivity index (χ4v) is 4.92. The molecule has 1 atom stereocenters. The minimum atomic E-state index is -1.02. The van der Waals surface area contributed by atoms with Crippen molar-refractivity contribution in [1.82, 2.24) is 5.32 Å². The molecule has 0 aliphatic carbocycles. The number of rotatable bonds is 8. The number of unbranched alkanes of at least 4 members (excludes halogenated alkanes) is 2. The van der Waals surface area contributed by atoms with Gasteiger partial charge in [0.15, 0.2) is 11.5 Å². The summed E-state index contributed by atoms with van der Waals surface area (Å²) in [6.45, 7) is 7.04. The Hall–Kier alpha value is -3.55. The van der Waals surface area contributed by atoms with Crippen LogP contribution < -0.4 is 19.7 Å². The van der Waals surface area contributed by atoms with Gasteiger partial charge in [0.25, 0.3) is 5.69 Å². The Morgan fingerprint density at radius 1 is 1.24 bits per heavy atom. The number of benzene rings is 2. The second-order valence-electron chi connectivity index (χ2n) is 9.24. The highest BCUT2D eigenvalue weighted by Crippen LogP contribution is 2.56. The number of fused-ring (bicyclic) bond motifs is 2. The van der Waals surface area contributed by atoms with Crippen LogP contribution in [0.4, 0.5) is 11.4 Å². The highest BCUT2D eigenvalue weighted by molar-refractivity contribution is 5.85. The number of non-ortho nitro benzene ring substituents is 1. The highest BCUT2D eigenvalue weighted by atomic mass is 16.6. The lowest BCUT2D eigenvalue weighted by atomic mass is 9.76. The van der Waals surface area contributed by atoms with Crippen LogP contribution in [0.15, 0.2) is 42.5 Å². The Labute approximate surface area is 199 Å². The fourth-order valence-electron chi connectivity index (χ4n) is 4.92.